The van der Waals surface area contributed by atoms with Crippen molar-refractivity contribution in [2.75, 3.05) is 0 Å². The Morgan fingerprint density at radius 3 is 2.63 bits per heavy atom. The fourth-order valence-electron chi connectivity index (χ4n) is 2.64. The number of aromatic hydroxyl groups is 1. The summed E-state index contributed by atoms with van der Waals surface area (Å²) in [4.78, 5) is 19.9. The molecule has 0 aliphatic heterocycles. The third-order valence-electron chi connectivity index (χ3n) is 4.02. The molecule has 0 spiro atoms. The Morgan fingerprint density at radius 1 is 1.04 bits per heavy atom. The zero-order chi connectivity index (χ0) is 18.8. The number of hydrogen-bond donors (Lipinski definition) is 2. The zero-order valence-corrected chi connectivity index (χ0v) is 14.0. The van der Waals surface area contributed by atoms with Gasteiger partial charge in [0.15, 0.2) is 5.58 Å². The number of aromatic carboxylic acids is 1. The van der Waals surface area contributed by atoms with E-state index >= 15 is 0 Å². The summed E-state index contributed by atoms with van der Waals surface area (Å²) in [6, 6.07) is 18.9. The first-order valence-corrected chi connectivity index (χ1v) is 8.16. The Morgan fingerprint density at radius 2 is 1.85 bits per heavy atom. The average Bonchev–Trinajstić information content (AvgIpc) is 3.11. The summed E-state index contributed by atoms with van der Waals surface area (Å²) in [5.74, 6) is -0.585. The van der Waals surface area contributed by atoms with Crippen LogP contribution in [0, 0.1) is 0 Å². The number of hydrogen-bond acceptors (Lipinski definition) is 5. The first-order chi connectivity index (χ1) is 13.1. The molecule has 4 rings (SSSR count). The number of benzene rings is 3. The summed E-state index contributed by atoms with van der Waals surface area (Å²) in [6.45, 7) is 0. The number of rotatable bonds is 4. The highest BCUT2D eigenvalue weighted by Gasteiger charge is 2.09. The number of phenolic OH excluding ortho intramolecular Hbond substituents is 1. The molecule has 0 saturated carbocycles. The highest BCUT2D eigenvalue weighted by Crippen LogP contribution is 2.27. The second-order valence-corrected chi connectivity index (χ2v) is 5.87. The Labute approximate surface area is 154 Å². The van der Waals surface area contributed by atoms with Crippen LogP contribution in [0.3, 0.4) is 0 Å². The highest BCUT2D eigenvalue weighted by atomic mass is 16.4. The largest absolute Gasteiger partial charge is 0.507 e. The average molecular weight is 358 g/mol. The van der Waals surface area contributed by atoms with E-state index in [1.54, 1.807) is 18.2 Å². The molecule has 132 valence electrons. The van der Waals surface area contributed by atoms with E-state index in [4.69, 9.17) is 9.52 Å². The fourth-order valence-corrected chi connectivity index (χ4v) is 2.64. The summed E-state index contributed by atoms with van der Waals surface area (Å²) in [5.41, 5.74) is 3.19. The molecule has 1 aromatic heterocycles. The van der Waals surface area contributed by atoms with Gasteiger partial charge in [-0.1, -0.05) is 18.2 Å². The van der Waals surface area contributed by atoms with Gasteiger partial charge in [-0.3, -0.25) is 4.99 Å². The molecule has 0 atom stereocenters. The predicted octanol–water partition coefficient (Wildman–Crippen LogP) is 4.65. The summed E-state index contributed by atoms with van der Waals surface area (Å²) >= 11 is 0. The van der Waals surface area contributed by atoms with Crippen molar-refractivity contribution in [2.45, 2.75) is 0 Å². The third-order valence-corrected chi connectivity index (χ3v) is 4.02. The number of nitrogens with zero attached hydrogens (tertiary/aromatic N) is 2. The number of carbonyl (C=O) groups is 1. The summed E-state index contributed by atoms with van der Waals surface area (Å²) in [5, 5.41) is 18.9. The van der Waals surface area contributed by atoms with Crippen molar-refractivity contribution in [3.05, 3.63) is 77.9 Å². The molecule has 0 unspecified atom stereocenters. The van der Waals surface area contributed by atoms with Gasteiger partial charge in [0.1, 0.15) is 11.3 Å². The van der Waals surface area contributed by atoms with Gasteiger partial charge >= 0.3 is 5.97 Å². The molecule has 0 saturated heterocycles. The molecule has 0 bridgehead atoms. The summed E-state index contributed by atoms with van der Waals surface area (Å²) in [6.07, 6.45) is 1.42. The van der Waals surface area contributed by atoms with E-state index in [2.05, 4.69) is 9.98 Å². The van der Waals surface area contributed by atoms with Gasteiger partial charge in [-0.05, 0) is 48.5 Å². The van der Waals surface area contributed by atoms with Gasteiger partial charge in [-0.15, -0.1) is 0 Å². The monoisotopic (exact) mass is 358 g/mol. The molecule has 6 heteroatoms. The van der Waals surface area contributed by atoms with Crippen LogP contribution in [0.4, 0.5) is 5.69 Å². The van der Waals surface area contributed by atoms with Crippen molar-refractivity contribution in [3.8, 4) is 17.2 Å². The number of aliphatic imine (C=N–C) groups is 1. The van der Waals surface area contributed by atoms with Crippen LogP contribution in [0.5, 0.6) is 5.75 Å². The number of fused-ring (bicyclic) bond motifs is 1. The minimum Gasteiger partial charge on any atom is -0.507 e. The molecule has 0 fully saturated rings. The lowest BCUT2D eigenvalue weighted by atomic mass is 10.1. The van der Waals surface area contributed by atoms with Gasteiger partial charge in [-0.25, -0.2) is 9.78 Å². The Kier molecular flexibility index (Phi) is 4.14. The second kappa shape index (κ2) is 6.76. The maximum Gasteiger partial charge on any atom is 0.335 e. The topological polar surface area (TPSA) is 95.9 Å². The minimum absolute atomic E-state index is 0.0439. The molecule has 6 nitrogen and oxygen atoms in total. The van der Waals surface area contributed by atoms with Crippen LogP contribution in [0.2, 0.25) is 0 Å². The van der Waals surface area contributed by atoms with E-state index in [0.717, 1.165) is 5.56 Å². The molecule has 0 aliphatic carbocycles. The van der Waals surface area contributed by atoms with Crippen LogP contribution in [0.25, 0.3) is 22.6 Å². The van der Waals surface area contributed by atoms with Crippen molar-refractivity contribution >= 4 is 29.0 Å². The molecular weight excluding hydrogens is 344 g/mol. The standard InChI is InChI=1S/C21H14N2O4/c24-18-8-6-14(21(25)26)10-15(18)12-22-16-7-9-19-17(11-16)23-20(27-19)13-4-2-1-3-5-13/h1-12,24H,(H,25,26). The van der Waals surface area contributed by atoms with Gasteiger partial charge in [0.25, 0.3) is 0 Å². The summed E-state index contributed by atoms with van der Waals surface area (Å²) in [7, 11) is 0. The van der Waals surface area contributed by atoms with Gasteiger partial charge < -0.3 is 14.6 Å². The second-order valence-electron chi connectivity index (χ2n) is 5.87. The van der Waals surface area contributed by atoms with Crippen molar-refractivity contribution in [2.24, 2.45) is 4.99 Å². The highest BCUT2D eigenvalue weighted by molar-refractivity contribution is 5.93. The Bertz CT molecular complexity index is 1160. The summed E-state index contributed by atoms with van der Waals surface area (Å²) < 4.78 is 5.76. The Balaban J connectivity index is 1.66. The minimum atomic E-state index is -1.07. The number of phenols is 1. The van der Waals surface area contributed by atoms with E-state index < -0.39 is 5.97 Å². The van der Waals surface area contributed by atoms with Gasteiger partial charge in [0.05, 0.1) is 11.3 Å². The molecule has 3 aromatic carbocycles. The smallest absolute Gasteiger partial charge is 0.335 e. The quantitative estimate of drug-likeness (QED) is 0.518. The van der Waals surface area contributed by atoms with Crippen molar-refractivity contribution in [3.63, 3.8) is 0 Å². The lowest BCUT2D eigenvalue weighted by Crippen LogP contribution is -1.97. The van der Waals surface area contributed by atoms with Gasteiger partial charge in [-0.2, -0.15) is 0 Å². The number of oxazole rings is 1. The van der Waals surface area contributed by atoms with Crippen LogP contribution in [0.1, 0.15) is 15.9 Å². The number of carboxylic acids is 1. The van der Waals surface area contributed by atoms with E-state index in [1.165, 1.54) is 24.4 Å². The lowest BCUT2D eigenvalue weighted by molar-refractivity contribution is 0.0697. The maximum absolute atomic E-state index is 11.1. The molecule has 0 radical (unpaired) electrons. The predicted molar refractivity (Wildman–Crippen MR) is 102 cm³/mol. The molecule has 2 N–H and O–H groups in total. The molecular formula is C21H14N2O4. The number of aromatic nitrogens is 1. The van der Waals surface area contributed by atoms with Crippen LogP contribution < -0.4 is 0 Å². The molecule has 27 heavy (non-hydrogen) atoms. The van der Waals surface area contributed by atoms with Crippen molar-refractivity contribution in [1.29, 1.82) is 0 Å². The SMILES string of the molecule is O=C(O)c1ccc(O)c(C=Nc2ccc3oc(-c4ccccc4)nc3c2)c1. The van der Waals surface area contributed by atoms with Crippen molar-refractivity contribution < 1.29 is 19.4 Å². The van der Waals surface area contributed by atoms with E-state index in [0.29, 0.717) is 28.2 Å². The third kappa shape index (κ3) is 3.41. The van der Waals surface area contributed by atoms with Crippen LogP contribution in [-0.2, 0) is 0 Å². The molecule has 0 aliphatic rings. The van der Waals surface area contributed by atoms with Gasteiger partial charge in [0, 0.05) is 17.3 Å². The van der Waals surface area contributed by atoms with E-state index in [9.17, 15) is 9.90 Å². The number of carboxylic acid groups (broad SMARTS) is 1. The molecule has 1 heterocycles. The van der Waals surface area contributed by atoms with E-state index in [-0.39, 0.29) is 11.3 Å². The molecule has 4 aromatic rings. The first-order valence-electron chi connectivity index (χ1n) is 8.16. The van der Waals surface area contributed by atoms with Crippen LogP contribution in [-0.4, -0.2) is 27.4 Å². The maximum atomic E-state index is 11.1. The zero-order valence-electron chi connectivity index (χ0n) is 14.0. The van der Waals surface area contributed by atoms with Gasteiger partial charge in [0.2, 0.25) is 5.89 Å². The van der Waals surface area contributed by atoms with Crippen LogP contribution in [0.15, 0.2) is 76.1 Å². The fraction of sp³-hybridized carbons (Fsp3) is 0. The molecule has 0 amide bonds. The van der Waals surface area contributed by atoms with E-state index in [1.807, 2.05) is 30.3 Å². The van der Waals surface area contributed by atoms with Crippen molar-refractivity contribution in [1.82, 2.24) is 4.98 Å². The Hall–Kier alpha value is -3.93. The van der Waals surface area contributed by atoms with Crippen LogP contribution >= 0.6 is 0 Å². The first kappa shape index (κ1) is 16.5. The normalized spacial score (nSPS) is 11.3. The lowest BCUT2D eigenvalue weighted by Gasteiger charge is -2.00.